The summed E-state index contributed by atoms with van der Waals surface area (Å²) in [6, 6.07) is 4.91. The second-order valence-electron chi connectivity index (χ2n) is 4.03. The van der Waals surface area contributed by atoms with Crippen LogP contribution in [0.3, 0.4) is 0 Å². The summed E-state index contributed by atoms with van der Waals surface area (Å²) in [5.41, 5.74) is 7.26. The fraction of sp³-hybridized carbons (Fsp3) is 0.500. The number of hydrogen-bond acceptors (Lipinski definition) is 3. The van der Waals surface area contributed by atoms with Crippen LogP contribution in [0.2, 0.25) is 0 Å². The Morgan fingerprint density at radius 2 is 2.38 bits per heavy atom. The van der Waals surface area contributed by atoms with E-state index in [0.717, 1.165) is 18.7 Å². The maximum Gasteiger partial charge on any atom is 0.125 e. The average molecular weight is 224 g/mol. The molecule has 2 N–H and O–H groups in total. The summed E-state index contributed by atoms with van der Waals surface area (Å²) >= 11 is 0. The molecule has 1 heterocycles. The van der Waals surface area contributed by atoms with Gasteiger partial charge in [0.2, 0.25) is 0 Å². The Balaban J connectivity index is 2.27. The molecule has 0 aromatic heterocycles. The van der Waals surface area contributed by atoms with Gasteiger partial charge in [-0.05, 0) is 24.6 Å². The molecule has 1 aliphatic heterocycles. The zero-order valence-corrected chi connectivity index (χ0v) is 9.45. The van der Waals surface area contributed by atoms with Gasteiger partial charge in [-0.3, -0.25) is 0 Å². The van der Waals surface area contributed by atoms with Crippen LogP contribution in [0.25, 0.3) is 0 Å². The molecule has 1 fully saturated rings. The second-order valence-corrected chi connectivity index (χ2v) is 4.03. The maximum atomic E-state index is 13.0. The number of hydrogen-bond donors (Lipinski definition) is 1. The van der Waals surface area contributed by atoms with Crippen LogP contribution in [0.15, 0.2) is 18.2 Å². The van der Waals surface area contributed by atoms with Gasteiger partial charge >= 0.3 is 0 Å². The number of nitrogens with zero attached hydrogens (tertiary/aromatic N) is 1. The van der Waals surface area contributed by atoms with Crippen molar-refractivity contribution in [2.45, 2.75) is 19.4 Å². The molecule has 0 spiro atoms. The third kappa shape index (κ3) is 2.11. The monoisotopic (exact) mass is 224 g/mol. The molecule has 1 unspecified atom stereocenters. The minimum atomic E-state index is -0.289. The molecule has 1 aliphatic rings. The minimum absolute atomic E-state index is 0.289. The van der Waals surface area contributed by atoms with Crippen molar-refractivity contribution in [2.75, 3.05) is 30.4 Å². The molecule has 3 nitrogen and oxygen atoms in total. The molecular weight excluding hydrogens is 207 g/mol. The number of nitrogens with two attached hydrogens (primary N) is 1. The lowest BCUT2D eigenvalue weighted by atomic mass is 10.1. The van der Waals surface area contributed by atoms with E-state index in [9.17, 15) is 4.39 Å². The first-order chi connectivity index (χ1) is 7.72. The molecule has 16 heavy (non-hydrogen) atoms. The Morgan fingerprint density at radius 1 is 1.56 bits per heavy atom. The summed E-state index contributed by atoms with van der Waals surface area (Å²) < 4.78 is 18.4. The predicted molar refractivity (Wildman–Crippen MR) is 63.1 cm³/mol. The van der Waals surface area contributed by atoms with Crippen molar-refractivity contribution in [3.8, 4) is 0 Å². The van der Waals surface area contributed by atoms with E-state index < -0.39 is 0 Å². The van der Waals surface area contributed by atoms with Crippen molar-refractivity contribution < 1.29 is 9.13 Å². The molecule has 0 saturated carbocycles. The highest BCUT2D eigenvalue weighted by Gasteiger charge is 2.23. The van der Waals surface area contributed by atoms with Gasteiger partial charge in [0, 0.05) is 6.54 Å². The zero-order chi connectivity index (χ0) is 11.5. The first-order valence-corrected chi connectivity index (χ1v) is 5.61. The van der Waals surface area contributed by atoms with Crippen LogP contribution in [0.1, 0.15) is 13.3 Å². The lowest BCUT2D eigenvalue weighted by Gasteiger charge is -2.37. The van der Waals surface area contributed by atoms with Crippen molar-refractivity contribution in [3.63, 3.8) is 0 Å². The average Bonchev–Trinajstić information content (AvgIpc) is 2.29. The van der Waals surface area contributed by atoms with Crippen molar-refractivity contribution in [3.05, 3.63) is 24.0 Å². The smallest absolute Gasteiger partial charge is 0.125 e. The quantitative estimate of drug-likeness (QED) is 0.781. The predicted octanol–water partition coefficient (Wildman–Crippen LogP) is 2.02. The van der Waals surface area contributed by atoms with Crippen LogP contribution >= 0.6 is 0 Å². The second kappa shape index (κ2) is 4.70. The highest BCUT2D eigenvalue weighted by molar-refractivity contribution is 5.68. The minimum Gasteiger partial charge on any atom is -0.397 e. The molecule has 2 rings (SSSR count). The van der Waals surface area contributed by atoms with E-state index in [4.69, 9.17) is 10.5 Å². The Labute approximate surface area is 95.0 Å². The van der Waals surface area contributed by atoms with E-state index in [1.807, 2.05) is 0 Å². The van der Waals surface area contributed by atoms with Crippen LogP contribution in [0, 0.1) is 5.82 Å². The number of benzene rings is 1. The molecule has 1 saturated heterocycles. The van der Waals surface area contributed by atoms with Crippen molar-refractivity contribution in [2.24, 2.45) is 0 Å². The molecular formula is C12H17FN2O. The van der Waals surface area contributed by atoms with E-state index in [1.165, 1.54) is 12.1 Å². The number of morpholine rings is 1. The van der Waals surface area contributed by atoms with Gasteiger partial charge in [0.15, 0.2) is 0 Å². The molecule has 0 radical (unpaired) electrons. The topological polar surface area (TPSA) is 38.5 Å². The number of rotatable bonds is 2. The molecule has 0 amide bonds. The fourth-order valence-corrected chi connectivity index (χ4v) is 2.10. The third-order valence-electron chi connectivity index (χ3n) is 3.00. The van der Waals surface area contributed by atoms with E-state index in [0.29, 0.717) is 24.9 Å². The van der Waals surface area contributed by atoms with Gasteiger partial charge in [0.05, 0.1) is 30.6 Å². The first-order valence-electron chi connectivity index (χ1n) is 5.61. The lowest BCUT2D eigenvalue weighted by molar-refractivity contribution is 0.0930. The number of nitrogen functional groups attached to an aromatic ring is 1. The normalized spacial score (nSPS) is 21.1. The fourth-order valence-electron chi connectivity index (χ4n) is 2.10. The molecule has 88 valence electrons. The standard InChI is InChI=1S/C12H17FN2O/c1-2-10-8-16-6-5-15(10)12-4-3-9(13)7-11(12)14/h3-4,7,10H,2,5-6,8,14H2,1H3. The van der Waals surface area contributed by atoms with Crippen molar-refractivity contribution in [1.82, 2.24) is 0 Å². The van der Waals surface area contributed by atoms with Crippen LogP contribution < -0.4 is 10.6 Å². The van der Waals surface area contributed by atoms with Gasteiger partial charge in [-0.2, -0.15) is 0 Å². The lowest BCUT2D eigenvalue weighted by Crippen LogP contribution is -2.45. The first kappa shape index (κ1) is 11.2. The summed E-state index contributed by atoms with van der Waals surface area (Å²) in [6.07, 6.45) is 0.997. The van der Waals surface area contributed by atoms with E-state index >= 15 is 0 Å². The Kier molecular flexibility index (Phi) is 3.29. The van der Waals surface area contributed by atoms with Crippen LogP contribution in [-0.2, 0) is 4.74 Å². The summed E-state index contributed by atoms with van der Waals surface area (Å²) in [4.78, 5) is 2.21. The van der Waals surface area contributed by atoms with Crippen LogP contribution in [0.4, 0.5) is 15.8 Å². The van der Waals surface area contributed by atoms with Crippen molar-refractivity contribution in [1.29, 1.82) is 0 Å². The van der Waals surface area contributed by atoms with Gasteiger partial charge in [-0.1, -0.05) is 6.92 Å². The molecule has 1 aromatic rings. The summed E-state index contributed by atoms with van der Waals surface area (Å²) in [6.45, 7) is 4.35. The van der Waals surface area contributed by atoms with Gasteiger partial charge in [-0.25, -0.2) is 4.39 Å². The van der Waals surface area contributed by atoms with Gasteiger partial charge in [0.25, 0.3) is 0 Å². The molecule has 0 bridgehead atoms. The van der Waals surface area contributed by atoms with Crippen molar-refractivity contribution >= 4 is 11.4 Å². The van der Waals surface area contributed by atoms with Crippen LogP contribution in [0.5, 0.6) is 0 Å². The highest BCUT2D eigenvalue weighted by atomic mass is 19.1. The van der Waals surface area contributed by atoms with Gasteiger partial charge in [-0.15, -0.1) is 0 Å². The Bertz CT molecular complexity index is 370. The Hall–Kier alpha value is -1.29. The number of halogens is 1. The summed E-state index contributed by atoms with van der Waals surface area (Å²) in [5.74, 6) is -0.289. The van der Waals surface area contributed by atoms with E-state index in [-0.39, 0.29) is 5.82 Å². The van der Waals surface area contributed by atoms with Crippen LogP contribution in [-0.4, -0.2) is 25.8 Å². The van der Waals surface area contributed by atoms with Gasteiger partial charge in [0.1, 0.15) is 5.82 Å². The largest absolute Gasteiger partial charge is 0.397 e. The molecule has 0 aliphatic carbocycles. The summed E-state index contributed by atoms with van der Waals surface area (Å²) in [5, 5.41) is 0. The number of anilines is 2. The number of ether oxygens (including phenoxy) is 1. The maximum absolute atomic E-state index is 13.0. The molecule has 1 aromatic carbocycles. The summed E-state index contributed by atoms with van der Waals surface area (Å²) in [7, 11) is 0. The highest BCUT2D eigenvalue weighted by Crippen LogP contribution is 2.27. The molecule has 4 heteroatoms. The van der Waals surface area contributed by atoms with Gasteiger partial charge < -0.3 is 15.4 Å². The van der Waals surface area contributed by atoms with E-state index in [2.05, 4.69) is 11.8 Å². The zero-order valence-electron chi connectivity index (χ0n) is 9.45. The van der Waals surface area contributed by atoms with E-state index in [1.54, 1.807) is 6.07 Å². The Morgan fingerprint density at radius 3 is 3.06 bits per heavy atom. The third-order valence-corrected chi connectivity index (χ3v) is 3.00. The molecule has 1 atom stereocenters. The SMILES string of the molecule is CCC1COCCN1c1ccc(F)cc1N.